The zero-order valence-electron chi connectivity index (χ0n) is 7.41. The van der Waals surface area contributed by atoms with Crippen LogP contribution in [0.4, 0.5) is 4.79 Å². The van der Waals surface area contributed by atoms with Gasteiger partial charge in [0.1, 0.15) is 18.8 Å². The summed E-state index contributed by atoms with van der Waals surface area (Å²) in [6, 6.07) is 0. The molecule has 2 atom stereocenters. The van der Waals surface area contributed by atoms with Crippen molar-refractivity contribution in [3.63, 3.8) is 0 Å². The number of carbonyl (C=O) groups excluding carboxylic acids is 1. The molecule has 0 N–H and O–H groups in total. The van der Waals surface area contributed by atoms with E-state index in [9.17, 15) is 4.79 Å². The van der Waals surface area contributed by atoms with E-state index in [1.165, 1.54) is 0 Å². The predicted octanol–water partition coefficient (Wildman–Crippen LogP) is 1.34. The predicted molar refractivity (Wildman–Crippen MR) is 41.9 cm³/mol. The minimum Gasteiger partial charge on any atom is -0.431 e. The van der Waals surface area contributed by atoms with E-state index in [1.54, 1.807) is 0 Å². The molecule has 1 heterocycles. The van der Waals surface area contributed by atoms with Gasteiger partial charge in [-0.05, 0) is 13.3 Å². The van der Waals surface area contributed by atoms with Crippen molar-refractivity contribution in [1.82, 2.24) is 0 Å². The van der Waals surface area contributed by atoms with Gasteiger partial charge in [0.25, 0.3) is 0 Å². The largest absolute Gasteiger partial charge is 0.508 e. The Morgan fingerprint density at radius 2 is 2.42 bits per heavy atom. The molecule has 1 saturated heterocycles. The van der Waals surface area contributed by atoms with Crippen LogP contribution in [0.2, 0.25) is 0 Å². The third-order valence-electron chi connectivity index (χ3n) is 1.66. The molecule has 1 aliphatic heterocycles. The summed E-state index contributed by atoms with van der Waals surface area (Å²) < 4.78 is 14.5. The molecule has 70 valence electrons. The number of ether oxygens (including phenoxy) is 3. The van der Waals surface area contributed by atoms with E-state index < -0.39 is 6.16 Å². The van der Waals surface area contributed by atoms with E-state index >= 15 is 0 Å². The molecule has 2 unspecified atom stereocenters. The van der Waals surface area contributed by atoms with Gasteiger partial charge in [0.05, 0.1) is 6.61 Å². The van der Waals surface area contributed by atoms with Crippen molar-refractivity contribution in [3.05, 3.63) is 0 Å². The lowest BCUT2D eigenvalue weighted by Gasteiger charge is -2.09. The third-order valence-corrected chi connectivity index (χ3v) is 1.66. The van der Waals surface area contributed by atoms with Gasteiger partial charge in [0, 0.05) is 0 Å². The molecule has 0 bridgehead atoms. The van der Waals surface area contributed by atoms with Crippen LogP contribution >= 0.6 is 0 Å². The highest BCUT2D eigenvalue weighted by molar-refractivity contribution is 5.60. The molecule has 0 aromatic carbocycles. The van der Waals surface area contributed by atoms with Crippen LogP contribution in [0.25, 0.3) is 0 Å². The summed E-state index contributed by atoms with van der Waals surface area (Å²) in [6.07, 6.45) is 0.238. The van der Waals surface area contributed by atoms with Crippen LogP contribution in [-0.4, -0.2) is 31.6 Å². The second-order valence-corrected chi connectivity index (χ2v) is 2.85. The second-order valence-electron chi connectivity index (χ2n) is 2.85. The first kappa shape index (κ1) is 9.32. The van der Waals surface area contributed by atoms with Crippen LogP contribution in [0.5, 0.6) is 0 Å². The molecule has 1 fully saturated rings. The Morgan fingerprint density at radius 1 is 1.75 bits per heavy atom. The molecule has 1 rings (SSSR count). The van der Waals surface area contributed by atoms with Gasteiger partial charge in [-0.15, -0.1) is 0 Å². The van der Waals surface area contributed by atoms with E-state index in [1.807, 2.05) is 13.8 Å². The van der Waals surface area contributed by atoms with Crippen LogP contribution in [0.3, 0.4) is 0 Å². The molecule has 0 spiro atoms. The zero-order valence-corrected chi connectivity index (χ0v) is 7.41. The summed E-state index contributed by atoms with van der Waals surface area (Å²) in [5, 5.41) is 0. The maximum atomic E-state index is 10.8. The van der Waals surface area contributed by atoms with Crippen LogP contribution in [0, 0.1) is 0 Å². The maximum absolute atomic E-state index is 10.8. The molecule has 4 nitrogen and oxygen atoms in total. The fourth-order valence-corrected chi connectivity index (χ4v) is 0.607. The summed E-state index contributed by atoms with van der Waals surface area (Å²) in [5.41, 5.74) is 0. The average Bonchev–Trinajstić information content (AvgIpc) is 2.83. The minimum atomic E-state index is -0.597. The normalized spacial score (nSPS) is 23.0. The van der Waals surface area contributed by atoms with Crippen LogP contribution in [-0.2, 0) is 14.2 Å². The molecule has 0 saturated carbocycles. The molecule has 0 aromatic rings. The Kier molecular flexibility index (Phi) is 3.34. The number of epoxide rings is 1. The summed E-state index contributed by atoms with van der Waals surface area (Å²) >= 11 is 0. The Bertz CT molecular complexity index is 153. The van der Waals surface area contributed by atoms with Crippen molar-refractivity contribution >= 4 is 6.16 Å². The number of rotatable bonds is 4. The molecular weight excluding hydrogens is 160 g/mol. The molecular formula is C8H14O4. The van der Waals surface area contributed by atoms with Gasteiger partial charge in [0.2, 0.25) is 0 Å². The Morgan fingerprint density at radius 3 is 2.92 bits per heavy atom. The smallest absolute Gasteiger partial charge is 0.431 e. The zero-order chi connectivity index (χ0) is 8.97. The second kappa shape index (κ2) is 4.30. The fourth-order valence-electron chi connectivity index (χ4n) is 0.607. The van der Waals surface area contributed by atoms with Crippen molar-refractivity contribution < 1.29 is 19.0 Å². The third kappa shape index (κ3) is 3.57. The Labute approximate surface area is 71.8 Å². The first-order valence-electron chi connectivity index (χ1n) is 4.17. The fraction of sp³-hybridized carbons (Fsp3) is 0.875. The van der Waals surface area contributed by atoms with E-state index in [2.05, 4.69) is 0 Å². The summed E-state index contributed by atoms with van der Waals surface area (Å²) in [4.78, 5) is 10.8. The van der Waals surface area contributed by atoms with Gasteiger partial charge >= 0.3 is 6.16 Å². The summed E-state index contributed by atoms with van der Waals surface area (Å²) in [6.45, 7) is 4.78. The quantitative estimate of drug-likeness (QED) is 0.476. The lowest BCUT2D eigenvalue weighted by Crippen LogP contribution is -2.17. The van der Waals surface area contributed by atoms with Gasteiger partial charge in [0.15, 0.2) is 0 Å². The molecule has 12 heavy (non-hydrogen) atoms. The van der Waals surface area contributed by atoms with Gasteiger partial charge < -0.3 is 14.2 Å². The van der Waals surface area contributed by atoms with Crippen molar-refractivity contribution in [2.45, 2.75) is 32.5 Å². The van der Waals surface area contributed by atoms with Gasteiger partial charge in [-0.2, -0.15) is 0 Å². The van der Waals surface area contributed by atoms with Crippen molar-refractivity contribution in [3.8, 4) is 0 Å². The summed E-state index contributed by atoms with van der Waals surface area (Å²) in [5.74, 6) is 0. The van der Waals surface area contributed by atoms with Crippen LogP contribution in [0.15, 0.2) is 0 Å². The van der Waals surface area contributed by atoms with E-state index in [0.29, 0.717) is 13.2 Å². The number of hydrogen-bond acceptors (Lipinski definition) is 4. The first-order valence-corrected chi connectivity index (χ1v) is 4.17. The van der Waals surface area contributed by atoms with E-state index in [0.717, 1.165) is 6.42 Å². The average molecular weight is 174 g/mol. The van der Waals surface area contributed by atoms with Gasteiger partial charge in [-0.1, -0.05) is 6.92 Å². The minimum absolute atomic E-state index is 0.0716. The van der Waals surface area contributed by atoms with E-state index in [4.69, 9.17) is 14.2 Å². The van der Waals surface area contributed by atoms with Crippen molar-refractivity contribution in [2.24, 2.45) is 0 Å². The highest BCUT2D eigenvalue weighted by atomic mass is 16.7. The highest BCUT2D eigenvalue weighted by Crippen LogP contribution is 2.09. The molecule has 0 radical (unpaired) electrons. The van der Waals surface area contributed by atoms with Crippen LogP contribution < -0.4 is 0 Å². The monoisotopic (exact) mass is 174 g/mol. The van der Waals surface area contributed by atoms with E-state index in [-0.39, 0.29) is 12.2 Å². The summed E-state index contributed by atoms with van der Waals surface area (Å²) in [7, 11) is 0. The Hall–Kier alpha value is -0.770. The number of hydrogen-bond donors (Lipinski definition) is 0. The van der Waals surface area contributed by atoms with Crippen LogP contribution in [0.1, 0.15) is 20.3 Å². The SMILES string of the molecule is CCC(C)OC(=O)OCC1CO1. The van der Waals surface area contributed by atoms with Gasteiger partial charge in [-0.25, -0.2) is 4.79 Å². The van der Waals surface area contributed by atoms with Crippen molar-refractivity contribution in [1.29, 1.82) is 0 Å². The van der Waals surface area contributed by atoms with Gasteiger partial charge in [-0.3, -0.25) is 0 Å². The molecule has 1 aliphatic rings. The maximum Gasteiger partial charge on any atom is 0.508 e. The number of carbonyl (C=O) groups is 1. The molecule has 0 aromatic heterocycles. The Balaban J connectivity index is 2.01. The lowest BCUT2D eigenvalue weighted by atomic mass is 10.3. The molecule has 0 amide bonds. The standard InChI is InChI=1S/C8H14O4/c1-3-6(2)12-8(9)11-5-7-4-10-7/h6-7H,3-5H2,1-2H3. The topological polar surface area (TPSA) is 48.1 Å². The molecule has 0 aliphatic carbocycles. The first-order chi connectivity index (χ1) is 5.72. The van der Waals surface area contributed by atoms with Crippen molar-refractivity contribution in [2.75, 3.05) is 13.2 Å². The molecule has 4 heteroatoms. The lowest BCUT2D eigenvalue weighted by molar-refractivity contribution is 0.0246. The highest BCUT2D eigenvalue weighted by Gasteiger charge is 2.24.